The number of hydrogen-bond donors (Lipinski definition) is 0. The molecule has 0 bridgehead atoms. The zero-order valence-corrected chi connectivity index (χ0v) is 9.71. The maximum Gasteiger partial charge on any atom is 0.161 e. The van der Waals surface area contributed by atoms with E-state index in [2.05, 4.69) is 15.9 Å². The maximum absolute atomic E-state index is 10.6. The molecule has 0 atom stereocenters. The van der Waals surface area contributed by atoms with Crippen LogP contribution in [0.15, 0.2) is 18.2 Å². The first-order valence-electron chi connectivity index (χ1n) is 8.74. The van der Waals surface area contributed by atoms with Crippen molar-refractivity contribution in [1.29, 1.82) is 0 Å². The van der Waals surface area contributed by atoms with E-state index in [0.29, 0.717) is 11.8 Å². The van der Waals surface area contributed by atoms with Gasteiger partial charge in [-0.3, -0.25) is 0 Å². The molecule has 0 heterocycles. The fourth-order valence-electron chi connectivity index (χ4n) is 1.04. The van der Waals surface area contributed by atoms with Crippen molar-refractivity contribution in [1.82, 2.24) is 0 Å². The van der Waals surface area contributed by atoms with Crippen LogP contribution in [0.2, 0.25) is 0 Å². The van der Waals surface area contributed by atoms with Crippen LogP contribution in [-0.2, 0) is 11.2 Å². The van der Waals surface area contributed by atoms with Crippen molar-refractivity contribution in [3.8, 4) is 11.5 Å². The Bertz CT molecular complexity index is 625. The van der Waals surface area contributed by atoms with Crippen molar-refractivity contribution < 1.29 is 26.6 Å². The molecule has 0 spiro atoms. The molecule has 0 aromatic heterocycles. The van der Waals surface area contributed by atoms with Gasteiger partial charge in [-0.2, -0.15) is 0 Å². The average molecular weight is 296 g/mol. The summed E-state index contributed by atoms with van der Waals surface area (Å²) in [5.74, 6) is -0.870. The third-order valence-electron chi connectivity index (χ3n) is 1.70. The fraction of sp³-hybridized carbons (Fsp3) is 0.417. The summed E-state index contributed by atoms with van der Waals surface area (Å²) < 4.78 is 76.6. The quantitative estimate of drug-likeness (QED) is 0.573. The zero-order valence-electron chi connectivity index (χ0n) is 17.1. The normalized spacial score (nSPS) is 21.7. The van der Waals surface area contributed by atoms with Crippen LogP contribution in [-0.4, -0.2) is 25.2 Å². The summed E-state index contributed by atoms with van der Waals surface area (Å²) in [4.78, 5) is 10.6. The highest BCUT2D eigenvalue weighted by atomic mass is 79.9. The maximum atomic E-state index is 10.6. The minimum atomic E-state index is -3.18. The van der Waals surface area contributed by atoms with Crippen molar-refractivity contribution in [2.45, 2.75) is 12.8 Å². The van der Waals surface area contributed by atoms with Crippen LogP contribution in [0, 0.1) is 0 Å². The van der Waals surface area contributed by atoms with Gasteiger partial charge in [-0.25, -0.2) is 0 Å². The molecule has 0 radical (unpaired) electrons. The van der Waals surface area contributed by atoms with Gasteiger partial charge in [-0.15, -0.1) is 0 Å². The molecule has 0 aliphatic rings. The minimum absolute atomic E-state index is 0.0463. The van der Waals surface area contributed by atoms with E-state index in [-0.39, 0.29) is 6.42 Å². The highest BCUT2D eigenvalue weighted by Gasteiger charge is 2.05. The highest BCUT2D eigenvalue weighted by molar-refractivity contribution is 9.09. The van der Waals surface area contributed by atoms with Crippen molar-refractivity contribution >= 4 is 22.2 Å². The van der Waals surface area contributed by atoms with Gasteiger partial charge in [0, 0.05) is 17.2 Å². The molecule has 1 aromatic rings. The van der Waals surface area contributed by atoms with Gasteiger partial charge in [0.25, 0.3) is 0 Å². The summed E-state index contributed by atoms with van der Waals surface area (Å²) in [6, 6.07) is 3.63. The number of rotatable bonds is 7. The van der Waals surface area contributed by atoms with Gasteiger partial charge in [0.05, 0.1) is 20.5 Å². The Morgan fingerprint density at radius 1 is 1.56 bits per heavy atom. The van der Waals surface area contributed by atoms with Crippen LogP contribution in [0.5, 0.6) is 11.5 Å². The van der Waals surface area contributed by atoms with E-state index in [0.717, 1.165) is 12.1 Å². The Balaban J connectivity index is 3.29. The molecule has 0 saturated carbocycles. The summed E-state index contributed by atoms with van der Waals surface area (Å²) in [7, 11) is -2.90. The first kappa shape index (κ1) is 5.08. The van der Waals surface area contributed by atoms with Crippen LogP contribution >= 0.6 is 15.9 Å². The molecule has 0 aliphatic carbocycles. The predicted octanol–water partition coefficient (Wildman–Crippen LogP) is 2.60. The standard InChI is InChI=1S/C12H15BrO3/c1-15-12-9-10(5-7-14)3-4-11(12)16-8-2-6-13/h3-4,7,9H,2,5-6,8H2,1H3/i1D3,2D2,6D2,8D2. The SMILES string of the molecule is [2H]C([2H])([2H])Oc1cc(CC=O)ccc1OC([2H])([2H])C([2H])([2H])C([2H])([2H])Br. The first-order valence-corrected chi connectivity index (χ1v) is 5.03. The molecular formula is C12H15BrO3. The lowest BCUT2D eigenvalue weighted by molar-refractivity contribution is -0.107. The van der Waals surface area contributed by atoms with Crippen molar-refractivity contribution in [3.05, 3.63) is 23.8 Å². The third-order valence-corrected chi connectivity index (χ3v) is 1.89. The van der Waals surface area contributed by atoms with Gasteiger partial charge < -0.3 is 14.3 Å². The van der Waals surface area contributed by atoms with Gasteiger partial charge in [-0.05, 0) is 24.1 Å². The number of hydrogen-bond acceptors (Lipinski definition) is 3. The monoisotopic (exact) mass is 295 g/mol. The van der Waals surface area contributed by atoms with Crippen LogP contribution in [0.1, 0.15) is 24.3 Å². The fourth-order valence-corrected chi connectivity index (χ4v) is 1.12. The number of ether oxygens (including phenoxy) is 2. The van der Waals surface area contributed by atoms with Gasteiger partial charge in [0.1, 0.15) is 6.29 Å². The molecule has 0 saturated heterocycles. The second-order valence-electron chi connectivity index (χ2n) is 2.68. The summed E-state index contributed by atoms with van der Waals surface area (Å²) in [5.41, 5.74) is 0.376. The highest BCUT2D eigenvalue weighted by Crippen LogP contribution is 2.28. The smallest absolute Gasteiger partial charge is 0.161 e. The third kappa shape index (κ3) is 3.85. The molecule has 0 aliphatic heterocycles. The van der Waals surface area contributed by atoms with Crippen LogP contribution in [0.25, 0.3) is 0 Å². The molecule has 1 rings (SSSR count). The lowest BCUT2D eigenvalue weighted by Gasteiger charge is -2.11. The molecule has 1 aromatic carbocycles. The first-order chi connectivity index (χ1) is 11.1. The Kier molecular flexibility index (Phi) is 2.31. The lowest BCUT2D eigenvalue weighted by Crippen LogP contribution is -2.00. The van der Waals surface area contributed by atoms with Gasteiger partial charge in [0.2, 0.25) is 0 Å². The van der Waals surface area contributed by atoms with Crippen LogP contribution in [0.3, 0.4) is 0 Å². The number of methoxy groups -OCH3 is 1. The summed E-state index contributed by atoms with van der Waals surface area (Å²) >= 11 is 2.43. The van der Waals surface area contributed by atoms with Gasteiger partial charge >= 0.3 is 0 Å². The molecule has 0 unspecified atom stereocenters. The van der Waals surface area contributed by atoms with E-state index >= 15 is 0 Å². The molecule has 16 heavy (non-hydrogen) atoms. The number of alkyl halides is 1. The topological polar surface area (TPSA) is 35.5 Å². The van der Waals surface area contributed by atoms with Crippen LogP contribution in [0.4, 0.5) is 0 Å². The second-order valence-corrected chi connectivity index (χ2v) is 3.07. The van der Waals surface area contributed by atoms with E-state index in [1.165, 1.54) is 6.07 Å². The van der Waals surface area contributed by atoms with Gasteiger partial charge in [0.15, 0.2) is 11.5 Å². The Labute approximate surface area is 117 Å². The molecule has 0 amide bonds. The number of carbonyl (C=O) groups excluding carboxylic acids is 1. The summed E-state index contributed by atoms with van der Waals surface area (Å²) in [6.45, 7) is -3.18. The van der Waals surface area contributed by atoms with E-state index in [4.69, 9.17) is 21.8 Å². The summed E-state index contributed by atoms with van der Waals surface area (Å²) in [6.07, 6.45) is -2.61. The van der Waals surface area contributed by atoms with Crippen LogP contribution < -0.4 is 9.47 Å². The average Bonchev–Trinajstić information content (AvgIpc) is 2.38. The van der Waals surface area contributed by atoms with Crippen molar-refractivity contribution in [2.24, 2.45) is 0 Å². The lowest BCUT2D eigenvalue weighted by atomic mass is 10.1. The molecule has 3 nitrogen and oxygen atoms in total. The van der Waals surface area contributed by atoms with E-state index in [1.807, 2.05) is 0 Å². The van der Waals surface area contributed by atoms with Gasteiger partial charge in [-0.1, -0.05) is 22.0 Å². The molecule has 88 valence electrons. The Morgan fingerprint density at radius 3 is 3.12 bits per heavy atom. The van der Waals surface area contributed by atoms with E-state index in [9.17, 15) is 4.79 Å². The summed E-state index contributed by atoms with van der Waals surface area (Å²) in [5, 5.41) is -2.77. The molecule has 4 heteroatoms. The second kappa shape index (κ2) is 7.28. The van der Waals surface area contributed by atoms with E-state index < -0.39 is 36.8 Å². The minimum Gasteiger partial charge on any atom is -0.493 e. The molecule has 0 fully saturated rings. The molecular weight excluding hydrogens is 272 g/mol. The largest absolute Gasteiger partial charge is 0.493 e. The number of halogens is 1. The van der Waals surface area contributed by atoms with Crippen molar-refractivity contribution in [3.63, 3.8) is 0 Å². The molecule has 0 N–H and O–H groups in total. The van der Waals surface area contributed by atoms with Crippen molar-refractivity contribution in [2.75, 3.05) is 18.9 Å². The number of benzene rings is 1. The number of aldehydes is 1. The Hall–Kier alpha value is -1.03. The Morgan fingerprint density at radius 2 is 2.44 bits per heavy atom. The number of carbonyl (C=O) groups is 1. The zero-order chi connectivity index (χ0) is 19.7. The predicted molar refractivity (Wildman–Crippen MR) is 66.7 cm³/mol. The van der Waals surface area contributed by atoms with E-state index in [1.54, 1.807) is 0 Å².